The summed E-state index contributed by atoms with van der Waals surface area (Å²) in [7, 11) is 0. The summed E-state index contributed by atoms with van der Waals surface area (Å²) in [5.74, 6) is 0. The van der Waals surface area contributed by atoms with Crippen LogP contribution in [0, 0.1) is 5.41 Å². The van der Waals surface area contributed by atoms with Gasteiger partial charge >= 0.3 is 0 Å². The Balaban J connectivity index is 2.97. The minimum absolute atomic E-state index is 0.386. The van der Waals surface area contributed by atoms with Crippen LogP contribution in [0.25, 0.3) is 0 Å². The highest BCUT2D eigenvalue weighted by Gasteiger charge is 2.11. The molecule has 0 amide bonds. The first-order chi connectivity index (χ1) is 6.94. The van der Waals surface area contributed by atoms with Gasteiger partial charge in [0.25, 0.3) is 0 Å². The molecular formula is C15H24. The van der Waals surface area contributed by atoms with Crippen LogP contribution in [-0.2, 0) is 19.3 Å². The average Bonchev–Trinajstić information content (AvgIpc) is 2.14. The van der Waals surface area contributed by atoms with E-state index in [1.54, 1.807) is 0 Å². The van der Waals surface area contributed by atoms with E-state index in [1.165, 1.54) is 23.1 Å². The Morgan fingerprint density at radius 3 is 1.53 bits per heavy atom. The molecule has 0 aliphatic carbocycles. The lowest BCUT2D eigenvalue weighted by Gasteiger charge is -2.19. The Hall–Kier alpha value is -0.780. The molecule has 0 heteroatoms. The zero-order chi connectivity index (χ0) is 11.5. The smallest absolute Gasteiger partial charge is 0.0230 e. The van der Waals surface area contributed by atoms with Crippen molar-refractivity contribution < 1.29 is 0 Å². The number of hydrogen-bond acceptors (Lipinski definition) is 0. The first kappa shape index (κ1) is 12.3. The quantitative estimate of drug-likeness (QED) is 0.684. The van der Waals surface area contributed by atoms with Crippen molar-refractivity contribution in [2.24, 2.45) is 5.41 Å². The molecule has 1 aromatic carbocycles. The minimum atomic E-state index is 0.386. The van der Waals surface area contributed by atoms with Gasteiger partial charge in [-0.2, -0.15) is 0 Å². The number of aryl methyl sites for hydroxylation is 2. The van der Waals surface area contributed by atoms with E-state index >= 15 is 0 Å². The van der Waals surface area contributed by atoms with Crippen LogP contribution in [0.1, 0.15) is 51.3 Å². The molecule has 0 spiro atoms. The lowest BCUT2D eigenvalue weighted by Crippen LogP contribution is -2.09. The van der Waals surface area contributed by atoms with E-state index in [0.717, 1.165) is 12.8 Å². The van der Waals surface area contributed by atoms with E-state index in [4.69, 9.17) is 0 Å². The number of rotatable bonds is 3. The lowest BCUT2D eigenvalue weighted by atomic mass is 9.86. The predicted octanol–water partition coefficient (Wildman–Crippen LogP) is 4.40. The summed E-state index contributed by atoms with van der Waals surface area (Å²) in [5.41, 5.74) is 4.85. The summed E-state index contributed by atoms with van der Waals surface area (Å²) in [5, 5.41) is 0. The van der Waals surface area contributed by atoms with E-state index in [1.807, 2.05) is 0 Å². The van der Waals surface area contributed by atoms with E-state index < -0.39 is 0 Å². The molecule has 0 fully saturated rings. The highest BCUT2D eigenvalue weighted by molar-refractivity contribution is 5.30. The molecule has 15 heavy (non-hydrogen) atoms. The molecule has 84 valence electrons. The summed E-state index contributed by atoms with van der Waals surface area (Å²) in [6, 6.07) is 7.07. The third-order valence-electron chi connectivity index (χ3n) is 2.66. The molecule has 0 N–H and O–H groups in total. The largest absolute Gasteiger partial charge is 0.0613 e. The minimum Gasteiger partial charge on any atom is -0.0613 e. The lowest BCUT2D eigenvalue weighted by molar-refractivity contribution is 0.411. The number of hydrogen-bond donors (Lipinski definition) is 0. The van der Waals surface area contributed by atoms with Crippen molar-refractivity contribution >= 4 is 0 Å². The Labute approximate surface area is 94.7 Å². The van der Waals surface area contributed by atoms with Crippen LogP contribution in [-0.4, -0.2) is 0 Å². The van der Waals surface area contributed by atoms with Crippen LogP contribution >= 0.6 is 0 Å². The van der Waals surface area contributed by atoms with Gasteiger partial charge in [0.2, 0.25) is 0 Å². The summed E-state index contributed by atoms with van der Waals surface area (Å²) in [6.45, 7) is 11.4. The molecule has 0 aliphatic rings. The maximum absolute atomic E-state index is 2.37. The summed E-state index contributed by atoms with van der Waals surface area (Å²) < 4.78 is 0. The zero-order valence-electron chi connectivity index (χ0n) is 10.9. The van der Waals surface area contributed by atoms with Gasteiger partial charge in [-0.15, -0.1) is 0 Å². The fourth-order valence-electron chi connectivity index (χ4n) is 1.96. The molecular weight excluding hydrogens is 180 g/mol. The molecule has 0 saturated carbocycles. The molecule has 0 aliphatic heterocycles. The van der Waals surface area contributed by atoms with E-state index in [9.17, 15) is 0 Å². The van der Waals surface area contributed by atoms with Crippen LogP contribution in [0.2, 0.25) is 0 Å². The fourth-order valence-corrected chi connectivity index (χ4v) is 1.96. The molecule has 0 saturated heterocycles. The van der Waals surface area contributed by atoms with Gasteiger partial charge in [0, 0.05) is 0 Å². The first-order valence-electron chi connectivity index (χ1n) is 6.06. The van der Waals surface area contributed by atoms with Crippen LogP contribution < -0.4 is 0 Å². The van der Waals surface area contributed by atoms with Gasteiger partial charge in [0.1, 0.15) is 0 Å². The van der Waals surface area contributed by atoms with Gasteiger partial charge in [-0.05, 0) is 41.4 Å². The second-order valence-corrected chi connectivity index (χ2v) is 5.60. The molecule has 0 heterocycles. The van der Waals surface area contributed by atoms with Crippen LogP contribution in [0.15, 0.2) is 18.2 Å². The molecule has 1 rings (SSSR count). The van der Waals surface area contributed by atoms with Gasteiger partial charge in [-0.1, -0.05) is 52.8 Å². The van der Waals surface area contributed by atoms with Crippen molar-refractivity contribution in [3.05, 3.63) is 34.9 Å². The van der Waals surface area contributed by atoms with Crippen molar-refractivity contribution in [2.45, 2.75) is 53.9 Å². The van der Waals surface area contributed by atoms with Gasteiger partial charge in [0.05, 0.1) is 0 Å². The van der Waals surface area contributed by atoms with E-state index in [2.05, 4.69) is 52.8 Å². The Morgan fingerprint density at radius 2 is 1.20 bits per heavy atom. The molecule has 0 bridgehead atoms. The normalized spacial score (nSPS) is 11.8. The summed E-state index contributed by atoms with van der Waals surface area (Å²) >= 11 is 0. The van der Waals surface area contributed by atoms with Crippen LogP contribution in [0.4, 0.5) is 0 Å². The maximum Gasteiger partial charge on any atom is -0.0230 e. The van der Waals surface area contributed by atoms with Gasteiger partial charge in [-0.25, -0.2) is 0 Å². The van der Waals surface area contributed by atoms with Crippen LogP contribution in [0.3, 0.4) is 0 Å². The topological polar surface area (TPSA) is 0 Å². The second kappa shape index (κ2) is 4.83. The monoisotopic (exact) mass is 204 g/mol. The van der Waals surface area contributed by atoms with E-state index in [-0.39, 0.29) is 0 Å². The van der Waals surface area contributed by atoms with Crippen LogP contribution in [0.5, 0.6) is 0 Å². The van der Waals surface area contributed by atoms with Crippen molar-refractivity contribution in [1.82, 2.24) is 0 Å². The van der Waals surface area contributed by atoms with Crippen molar-refractivity contribution in [3.63, 3.8) is 0 Å². The molecule has 0 radical (unpaired) electrons. The van der Waals surface area contributed by atoms with Gasteiger partial charge in [0.15, 0.2) is 0 Å². The third kappa shape index (κ3) is 4.07. The van der Waals surface area contributed by atoms with Crippen molar-refractivity contribution in [3.8, 4) is 0 Å². The SMILES string of the molecule is CCc1cc(CC)cc(CC(C)(C)C)c1. The summed E-state index contributed by atoms with van der Waals surface area (Å²) in [6.07, 6.45) is 3.46. The highest BCUT2D eigenvalue weighted by atomic mass is 14.2. The van der Waals surface area contributed by atoms with Gasteiger partial charge < -0.3 is 0 Å². The Bertz CT molecular complexity index is 293. The molecule has 0 atom stereocenters. The fraction of sp³-hybridized carbons (Fsp3) is 0.600. The number of benzene rings is 1. The first-order valence-corrected chi connectivity index (χ1v) is 6.06. The molecule has 1 aromatic rings. The average molecular weight is 204 g/mol. The Kier molecular flexibility index (Phi) is 3.96. The zero-order valence-corrected chi connectivity index (χ0v) is 10.9. The van der Waals surface area contributed by atoms with Crippen molar-refractivity contribution in [2.75, 3.05) is 0 Å². The summed E-state index contributed by atoms with van der Waals surface area (Å²) in [4.78, 5) is 0. The maximum atomic E-state index is 2.37. The van der Waals surface area contributed by atoms with Gasteiger partial charge in [-0.3, -0.25) is 0 Å². The Morgan fingerprint density at radius 1 is 0.800 bits per heavy atom. The third-order valence-corrected chi connectivity index (χ3v) is 2.66. The molecule has 0 nitrogen and oxygen atoms in total. The standard InChI is InChI=1S/C15H24/c1-6-12-8-13(7-2)10-14(9-12)11-15(3,4)5/h8-10H,6-7,11H2,1-5H3. The second-order valence-electron chi connectivity index (χ2n) is 5.60. The molecule has 0 unspecified atom stereocenters. The predicted molar refractivity (Wildman–Crippen MR) is 68.4 cm³/mol. The van der Waals surface area contributed by atoms with Crippen molar-refractivity contribution in [1.29, 1.82) is 0 Å². The highest BCUT2D eigenvalue weighted by Crippen LogP contribution is 2.22. The van der Waals surface area contributed by atoms with E-state index in [0.29, 0.717) is 5.41 Å². The molecule has 0 aromatic heterocycles.